The first kappa shape index (κ1) is 28.4. The molecule has 0 heterocycles. The lowest BCUT2D eigenvalue weighted by Crippen LogP contribution is -2.37. The Hall–Kier alpha value is -3.63. The van der Waals surface area contributed by atoms with Gasteiger partial charge in [-0.2, -0.15) is 0 Å². The molecule has 39 heavy (non-hydrogen) atoms. The van der Waals surface area contributed by atoms with Crippen LogP contribution in [-0.2, 0) is 10.0 Å². The smallest absolute Gasteiger partial charge is 0.326 e. The molecule has 0 aliphatic rings. The number of benzene rings is 4. The van der Waals surface area contributed by atoms with E-state index in [9.17, 15) is 17.6 Å². The van der Waals surface area contributed by atoms with Crippen molar-refractivity contribution >= 4 is 50.6 Å². The molecule has 0 saturated carbocycles. The van der Waals surface area contributed by atoms with E-state index in [0.717, 1.165) is 12.1 Å². The molecule has 0 aliphatic heterocycles. The Morgan fingerprint density at radius 2 is 1.51 bits per heavy atom. The third-order valence-corrected chi connectivity index (χ3v) is 7.73. The Bertz CT molecular complexity index is 1520. The summed E-state index contributed by atoms with van der Waals surface area (Å²) < 4.78 is 46.5. The zero-order valence-electron chi connectivity index (χ0n) is 20.5. The maximum absolute atomic E-state index is 13.3. The van der Waals surface area contributed by atoms with Crippen molar-refractivity contribution in [1.82, 2.24) is 4.72 Å². The number of para-hydroxylation sites is 1. The Balaban J connectivity index is 1.46. The lowest BCUT2D eigenvalue weighted by Gasteiger charge is -2.24. The van der Waals surface area contributed by atoms with Crippen molar-refractivity contribution in [1.29, 1.82) is 0 Å². The summed E-state index contributed by atoms with van der Waals surface area (Å²) in [6.07, 6.45) is 0.289. The van der Waals surface area contributed by atoms with Crippen LogP contribution in [0.2, 0.25) is 10.0 Å². The summed E-state index contributed by atoms with van der Waals surface area (Å²) in [5, 5.41) is 3.44. The van der Waals surface area contributed by atoms with Crippen LogP contribution in [0.25, 0.3) is 0 Å². The van der Waals surface area contributed by atoms with Crippen LogP contribution in [0.1, 0.15) is 6.42 Å². The number of ether oxygens (including phenoxy) is 1. The van der Waals surface area contributed by atoms with Gasteiger partial charge in [-0.15, -0.1) is 0 Å². The van der Waals surface area contributed by atoms with E-state index in [1.54, 1.807) is 36.4 Å². The SMILES string of the molecule is O=C(Nc1ccc(Cl)c(Cl)c1)N(CCCNS(=O)(=O)c1ccc(F)cc1)c1ccc(Oc2ccccc2)cc1. The minimum absolute atomic E-state index is 0.0471. The van der Waals surface area contributed by atoms with Crippen molar-refractivity contribution in [3.05, 3.63) is 113 Å². The van der Waals surface area contributed by atoms with Gasteiger partial charge in [-0.05, 0) is 85.3 Å². The fourth-order valence-electron chi connectivity index (χ4n) is 3.57. The average molecular weight is 588 g/mol. The van der Waals surface area contributed by atoms with Crippen LogP contribution in [0.5, 0.6) is 11.5 Å². The van der Waals surface area contributed by atoms with Crippen molar-refractivity contribution in [2.24, 2.45) is 0 Å². The minimum atomic E-state index is -3.83. The Labute approximate surface area is 236 Å². The molecule has 4 aromatic carbocycles. The van der Waals surface area contributed by atoms with Crippen LogP contribution in [0.4, 0.5) is 20.6 Å². The van der Waals surface area contributed by atoms with Gasteiger partial charge in [0.25, 0.3) is 0 Å². The summed E-state index contributed by atoms with van der Waals surface area (Å²) in [6, 6.07) is 25.0. The van der Waals surface area contributed by atoms with Gasteiger partial charge in [0.05, 0.1) is 14.9 Å². The van der Waals surface area contributed by atoms with E-state index in [1.807, 2.05) is 30.3 Å². The average Bonchev–Trinajstić information content (AvgIpc) is 2.92. The molecule has 2 amide bonds. The van der Waals surface area contributed by atoms with Crippen LogP contribution < -0.4 is 19.7 Å². The number of rotatable bonds is 10. The number of halogens is 3. The number of carbonyl (C=O) groups is 1. The summed E-state index contributed by atoms with van der Waals surface area (Å²) in [5.74, 6) is 0.729. The number of sulfonamides is 1. The molecule has 0 radical (unpaired) electrons. The number of urea groups is 1. The molecular weight excluding hydrogens is 564 g/mol. The number of carbonyl (C=O) groups excluding carboxylic acids is 1. The summed E-state index contributed by atoms with van der Waals surface area (Å²) in [6.45, 7) is 0.226. The van der Waals surface area contributed by atoms with Crippen molar-refractivity contribution < 1.29 is 22.3 Å². The van der Waals surface area contributed by atoms with Crippen molar-refractivity contribution in [2.75, 3.05) is 23.3 Å². The lowest BCUT2D eigenvalue weighted by atomic mass is 10.2. The van der Waals surface area contributed by atoms with Gasteiger partial charge in [0, 0.05) is 24.5 Å². The number of hydrogen-bond acceptors (Lipinski definition) is 4. The molecule has 2 N–H and O–H groups in total. The molecule has 4 rings (SSSR count). The molecule has 0 atom stereocenters. The largest absolute Gasteiger partial charge is 0.457 e. The number of hydrogen-bond donors (Lipinski definition) is 2. The maximum Gasteiger partial charge on any atom is 0.326 e. The lowest BCUT2D eigenvalue weighted by molar-refractivity contribution is 0.257. The highest BCUT2D eigenvalue weighted by atomic mass is 35.5. The predicted molar refractivity (Wildman–Crippen MR) is 152 cm³/mol. The Morgan fingerprint density at radius 1 is 0.846 bits per heavy atom. The molecule has 202 valence electrons. The third kappa shape index (κ3) is 7.93. The van der Waals surface area contributed by atoms with Gasteiger partial charge in [0.1, 0.15) is 17.3 Å². The zero-order valence-corrected chi connectivity index (χ0v) is 22.8. The molecule has 0 spiro atoms. The summed E-state index contributed by atoms with van der Waals surface area (Å²) in [5.41, 5.74) is 1.01. The van der Waals surface area contributed by atoms with E-state index >= 15 is 0 Å². The van der Waals surface area contributed by atoms with Crippen molar-refractivity contribution in [3.8, 4) is 11.5 Å². The van der Waals surface area contributed by atoms with E-state index in [-0.39, 0.29) is 24.4 Å². The van der Waals surface area contributed by atoms with Gasteiger partial charge in [0.15, 0.2) is 0 Å². The molecule has 0 aliphatic carbocycles. The molecule has 0 fully saturated rings. The van der Waals surface area contributed by atoms with Crippen LogP contribution in [0.3, 0.4) is 0 Å². The van der Waals surface area contributed by atoms with E-state index in [0.29, 0.717) is 32.9 Å². The molecule has 0 saturated heterocycles. The molecule has 11 heteroatoms. The van der Waals surface area contributed by atoms with Gasteiger partial charge >= 0.3 is 6.03 Å². The highest BCUT2D eigenvalue weighted by Crippen LogP contribution is 2.27. The first-order valence-corrected chi connectivity index (χ1v) is 14.1. The van der Waals surface area contributed by atoms with Crippen LogP contribution in [-0.4, -0.2) is 27.5 Å². The summed E-state index contributed by atoms with van der Waals surface area (Å²) in [4.78, 5) is 14.7. The topological polar surface area (TPSA) is 87.7 Å². The fraction of sp³-hybridized carbons (Fsp3) is 0.107. The molecule has 7 nitrogen and oxygen atoms in total. The summed E-state index contributed by atoms with van der Waals surface area (Å²) >= 11 is 12.1. The highest BCUT2D eigenvalue weighted by molar-refractivity contribution is 7.89. The van der Waals surface area contributed by atoms with E-state index in [2.05, 4.69) is 10.0 Å². The van der Waals surface area contributed by atoms with Gasteiger partial charge in [0.2, 0.25) is 10.0 Å². The number of anilines is 2. The second-order valence-electron chi connectivity index (χ2n) is 8.32. The van der Waals surface area contributed by atoms with Gasteiger partial charge in [-0.3, -0.25) is 4.90 Å². The minimum Gasteiger partial charge on any atom is -0.457 e. The monoisotopic (exact) mass is 587 g/mol. The molecule has 0 bridgehead atoms. The van der Waals surface area contributed by atoms with Gasteiger partial charge < -0.3 is 10.1 Å². The second kappa shape index (κ2) is 12.9. The highest BCUT2D eigenvalue weighted by Gasteiger charge is 2.18. The third-order valence-electron chi connectivity index (χ3n) is 5.52. The number of amides is 2. The summed E-state index contributed by atoms with van der Waals surface area (Å²) in [7, 11) is -3.83. The second-order valence-corrected chi connectivity index (χ2v) is 10.9. The first-order valence-electron chi connectivity index (χ1n) is 11.8. The van der Waals surface area contributed by atoms with E-state index < -0.39 is 21.9 Å². The molecular formula is C28H24Cl2FN3O4S. The normalized spacial score (nSPS) is 11.2. The van der Waals surface area contributed by atoms with Gasteiger partial charge in [-0.25, -0.2) is 22.3 Å². The number of nitrogens with one attached hydrogen (secondary N) is 2. The number of nitrogens with zero attached hydrogens (tertiary/aromatic N) is 1. The molecule has 0 unspecified atom stereocenters. The maximum atomic E-state index is 13.3. The quantitative estimate of drug-likeness (QED) is 0.190. The van der Waals surface area contributed by atoms with Crippen LogP contribution >= 0.6 is 23.2 Å². The molecule has 4 aromatic rings. The predicted octanol–water partition coefficient (Wildman–Crippen LogP) is 7.33. The fourth-order valence-corrected chi connectivity index (χ4v) is 4.94. The van der Waals surface area contributed by atoms with Crippen LogP contribution in [0, 0.1) is 5.82 Å². The van der Waals surface area contributed by atoms with E-state index in [1.165, 1.54) is 23.1 Å². The first-order chi connectivity index (χ1) is 18.7. The standard InChI is InChI=1S/C28H24Cl2FN3O4S/c29-26-16-9-21(19-27(26)30)33-28(35)34(18-4-17-32-39(36,37)25-14-7-20(31)8-15-25)22-10-12-24(13-11-22)38-23-5-2-1-3-6-23/h1-3,5-16,19,32H,4,17-18H2,(H,33,35). The van der Waals surface area contributed by atoms with Gasteiger partial charge in [-0.1, -0.05) is 41.4 Å². The zero-order chi connectivity index (χ0) is 27.8. The van der Waals surface area contributed by atoms with Crippen molar-refractivity contribution in [2.45, 2.75) is 11.3 Å². The van der Waals surface area contributed by atoms with Crippen molar-refractivity contribution in [3.63, 3.8) is 0 Å². The Kier molecular flexibility index (Phi) is 9.42. The van der Waals surface area contributed by atoms with E-state index in [4.69, 9.17) is 27.9 Å². The molecule has 0 aromatic heterocycles. The van der Waals surface area contributed by atoms with Crippen LogP contribution in [0.15, 0.2) is 102 Å². The Morgan fingerprint density at radius 3 is 2.18 bits per heavy atom.